The molecule has 13 nitrogen and oxygen atoms in total. The van der Waals surface area contributed by atoms with Crippen molar-refractivity contribution in [2.45, 2.75) is 158 Å². The van der Waals surface area contributed by atoms with Gasteiger partial charge in [0.05, 0.1) is 26.4 Å². The number of carbonyl (C=O) groups excluding carboxylic acids is 1. The van der Waals surface area contributed by atoms with Crippen LogP contribution in [0.1, 0.15) is 90.4 Å². The van der Waals surface area contributed by atoms with Gasteiger partial charge >= 0.3 is 5.97 Å². The van der Waals surface area contributed by atoms with Crippen molar-refractivity contribution in [1.82, 2.24) is 0 Å². The largest absolute Gasteiger partial charge is 0.469 e. The van der Waals surface area contributed by atoms with Crippen molar-refractivity contribution >= 4 is 5.97 Å². The molecule has 0 aromatic rings. The maximum absolute atomic E-state index is 11.1. The third-order valence-corrected chi connectivity index (χ3v) is 8.21. The number of esters is 1. The lowest BCUT2D eigenvalue weighted by atomic mass is 9.97. The fourth-order valence-corrected chi connectivity index (χ4v) is 5.39. The first-order valence-electron chi connectivity index (χ1n) is 16.1. The van der Waals surface area contributed by atoms with Crippen molar-refractivity contribution in [3.8, 4) is 0 Å². The maximum Gasteiger partial charge on any atom is 0.305 e. The summed E-state index contributed by atoms with van der Waals surface area (Å²) in [6.45, 7) is 0.604. The number of ether oxygens (including phenoxy) is 5. The van der Waals surface area contributed by atoms with Gasteiger partial charge in [0.1, 0.15) is 48.8 Å². The predicted molar refractivity (Wildman–Crippen MR) is 158 cm³/mol. The van der Waals surface area contributed by atoms with E-state index in [2.05, 4.69) is 16.9 Å². The molecule has 7 N–H and O–H groups in total. The maximum atomic E-state index is 11.1. The molecule has 0 aromatic heterocycles. The van der Waals surface area contributed by atoms with Crippen LogP contribution in [0.3, 0.4) is 0 Å². The predicted octanol–water partition coefficient (Wildman–Crippen LogP) is 0.816. The van der Waals surface area contributed by atoms with Crippen LogP contribution >= 0.6 is 0 Å². The molecule has 0 bridgehead atoms. The van der Waals surface area contributed by atoms with Crippen molar-refractivity contribution in [1.29, 1.82) is 0 Å². The molecule has 0 aliphatic carbocycles. The van der Waals surface area contributed by atoms with Crippen LogP contribution in [0.5, 0.6) is 0 Å². The summed E-state index contributed by atoms with van der Waals surface area (Å²) in [7, 11) is 1.42. The fraction of sp³-hybridized carbons (Fsp3) is 0.903. The van der Waals surface area contributed by atoms with Crippen molar-refractivity contribution in [2.75, 3.05) is 20.3 Å². The third kappa shape index (κ3) is 12.9. The molecule has 0 spiro atoms. The van der Waals surface area contributed by atoms with Crippen molar-refractivity contribution in [2.24, 2.45) is 0 Å². The first-order chi connectivity index (χ1) is 21.1. The lowest BCUT2D eigenvalue weighted by Gasteiger charge is -2.46. The number of hydrogen-bond donors (Lipinski definition) is 7. The second-order valence-electron chi connectivity index (χ2n) is 11.8. The van der Waals surface area contributed by atoms with Gasteiger partial charge in [-0.15, -0.1) is 0 Å². The standard InChI is InChI=1S/C31H56O13/c1-20(16-14-12-10-8-6-4-3-5-7-9-11-13-15-17-23(34)40-2)41-31-29(27(38)25(36)22(19-33)43-31)44-30-28(39)26(37)24(35)21(18-32)42-30/h3-4,20-22,24-33,35-39H,5-19H2,1-2H3. The highest BCUT2D eigenvalue weighted by atomic mass is 16.8. The minimum Gasteiger partial charge on any atom is -0.469 e. The van der Waals surface area contributed by atoms with E-state index >= 15 is 0 Å². The summed E-state index contributed by atoms with van der Waals surface area (Å²) >= 11 is 0. The van der Waals surface area contributed by atoms with Gasteiger partial charge in [0.15, 0.2) is 12.6 Å². The van der Waals surface area contributed by atoms with Gasteiger partial charge in [0, 0.05) is 6.42 Å². The molecule has 258 valence electrons. The van der Waals surface area contributed by atoms with Gasteiger partial charge in [0.25, 0.3) is 0 Å². The smallest absolute Gasteiger partial charge is 0.305 e. The third-order valence-electron chi connectivity index (χ3n) is 8.21. The summed E-state index contributed by atoms with van der Waals surface area (Å²) in [4.78, 5) is 11.1. The number of methoxy groups -OCH3 is 1. The zero-order valence-corrected chi connectivity index (χ0v) is 26.2. The Hall–Kier alpha value is -1.23. The normalized spacial score (nSPS) is 33.5. The van der Waals surface area contributed by atoms with Gasteiger partial charge in [-0.1, -0.05) is 50.7 Å². The Morgan fingerprint density at radius 3 is 1.82 bits per heavy atom. The molecule has 11 unspecified atom stereocenters. The molecule has 2 aliphatic heterocycles. The first-order valence-corrected chi connectivity index (χ1v) is 16.1. The summed E-state index contributed by atoms with van der Waals surface area (Å²) in [5.74, 6) is -0.139. The highest BCUT2D eigenvalue weighted by Gasteiger charge is 2.51. The average Bonchev–Trinajstić information content (AvgIpc) is 3.02. The molecule has 13 heteroatoms. The van der Waals surface area contributed by atoms with E-state index in [9.17, 15) is 40.5 Å². The van der Waals surface area contributed by atoms with Crippen LogP contribution < -0.4 is 0 Å². The lowest BCUT2D eigenvalue weighted by Crippen LogP contribution is -2.64. The molecule has 0 amide bonds. The highest BCUT2D eigenvalue weighted by Crippen LogP contribution is 2.30. The summed E-state index contributed by atoms with van der Waals surface area (Å²) < 4.78 is 27.4. The van der Waals surface area contributed by atoms with Crippen LogP contribution in [-0.4, -0.2) is 130 Å². The number of carbonyl (C=O) groups is 1. The molecule has 2 fully saturated rings. The Morgan fingerprint density at radius 2 is 1.23 bits per heavy atom. The van der Waals surface area contributed by atoms with E-state index in [-0.39, 0.29) is 12.1 Å². The van der Waals surface area contributed by atoms with E-state index in [1.54, 1.807) is 0 Å². The van der Waals surface area contributed by atoms with Crippen LogP contribution in [0.4, 0.5) is 0 Å². The molecule has 11 atom stereocenters. The van der Waals surface area contributed by atoms with E-state index in [4.69, 9.17) is 18.9 Å². The van der Waals surface area contributed by atoms with Crippen LogP contribution in [0, 0.1) is 0 Å². The summed E-state index contributed by atoms with van der Waals surface area (Å²) in [6.07, 6.45) is 2.26. The van der Waals surface area contributed by atoms with Crippen LogP contribution in [0.2, 0.25) is 0 Å². The minimum absolute atomic E-state index is 0.139. The van der Waals surface area contributed by atoms with E-state index < -0.39 is 74.6 Å². The van der Waals surface area contributed by atoms with E-state index in [1.165, 1.54) is 13.5 Å². The molecule has 0 aromatic carbocycles. The van der Waals surface area contributed by atoms with Gasteiger partial charge in [-0.05, 0) is 45.4 Å². The second kappa shape index (κ2) is 21.5. The number of rotatable bonds is 21. The van der Waals surface area contributed by atoms with Gasteiger partial charge in [-0.3, -0.25) is 4.79 Å². The number of allylic oxidation sites excluding steroid dienone is 2. The quantitative estimate of drug-likeness (QED) is 0.0530. The van der Waals surface area contributed by atoms with Gasteiger partial charge in [-0.25, -0.2) is 0 Å². The Bertz CT molecular complexity index is 797. The minimum atomic E-state index is -1.71. The topological polar surface area (TPSA) is 205 Å². The van der Waals surface area contributed by atoms with E-state index in [1.807, 2.05) is 6.92 Å². The number of unbranched alkanes of at least 4 members (excludes halogenated alkanes) is 9. The Balaban J connectivity index is 1.68. The summed E-state index contributed by atoms with van der Waals surface area (Å²) in [5, 5.41) is 70.7. The van der Waals surface area contributed by atoms with Crippen LogP contribution in [0.15, 0.2) is 12.2 Å². The summed E-state index contributed by atoms with van der Waals surface area (Å²) in [5.41, 5.74) is 0. The lowest BCUT2D eigenvalue weighted by molar-refractivity contribution is -0.371. The molecule has 0 saturated carbocycles. The highest BCUT2D eigenvalue weighted by molar-refractivity contribution is 5.68. The van der Waals surface area contributed by atoms with Gasteiger partial charge < -0.3 is 59.4 Å². The summed E-state index contributed by atoms with van der Waals surface area (Å²) in [6, 6.07) is 0. The number of hydrogen-bond acceptors (Lipinski definition) is 13. The van der Waals surface area contributed by atoms with Gasteiger partial charge in [0.2, 0.25) is 0 Å². The van der Waals surface area contributed by atoms with Crippen LogP contribution in [0.25, 0.3) is 0 Å². The average molecular weight is 637 g/mol. The first kappa shape index (κ1) is 39.0. The zero-order chi connectivity index (χ0) is 32.5. The Morgan fingerprint density at radius 1 is 0.705 bits per heavy atom. The molecule has 2 rings (SSSR count). The molecule has 44 heavy (non-hydrogen) atoms. The molecular formula is C31H56O13. The van der Waals surface area contributed by atoms with Gasteiger partial charge in [-0.2, -0.15) is 0 Å². The monoisotopic (exact) mass is 636 g/mol. The Kier molecular flexibility index (Phi) is 19.1. The van der Waals surface area contributed by atoms with Crippen molar-refractivity contribution in [3.05, 3.63) is 12.2 Å². The van der Waals surface area contributed by atoms with E-state index in [0.29, 0.717) is 12.8 Å². The number of aliphatic hydroxyl groups excluding tert-OH is 7. The molecule has 2 heterocycles. The van der Waals surface area contributed by atoms with E-state index in [0.717, 1.165) is 64.2 Å². The molecule has 2 aliphatic rings. The fourth-order valence-electron chi connectivity index (χ4n) is 5.39. The molecular weight excluding hydrogens is 580 g/mol. The van der Waals surface area contributed by atoms with Crippen molar-refractivity contribution in [3.63, 3.8) is 0 Å². The SMILES string of the molecule is COC(=O)CCCCCCCC=CCCCCCCC(C)OC1OC(CO)C(O)C(O)C1OC1OC(CO)C(O)C(O)C1O. The van der Waals surface area contributed by atoms with Crippen LogP contribution in [-0.2, 0) is 28.5 Å². The second-order valence-corrected chi connectivity index (χ2v) is 11.8. The molecule has 0 radical (unpaired) electrons. The number of aliphatic hydroxyl groups is 7. The molecule has 2 saturated heterocycles. The van der Waals surface area contributed by atoms with Crippen molar-refractivity contribution < 1.29 is 64.2 Å². The Labute approximate surface area is 260 Å². The zero-order valence-electron chi connectivity index (χ0n) is 26.2.